The van der Waals surface area contributed by atoms with E-state index in [-0.39, 0.29) is 17.3 Å². The smallest absolute Gasteiger partial charge is 0.269 e. The predicted octanol–water partition coefficient (Wildman–Crippen LogP) is -0.790. The van der Waals surface area contributed by atoms with E-state index in [2.05, 4.69) is 12.5 Å². The molecule has 3 aliphatic rings. The summed E-state index contributed by atoms with van der Waals surface area (Å²) < 4.78 is 73.8. The van der Waals surface area contributed by atoms with Crippen molar-refractivity contribution in [2.24, 2.45) is 0 Å². The molecule has 0 unspecified atom stereocenters. The summed E-state index contributed by atoms with van der Waals surface area (Å²) in [5.74, 6) is 0.604. The molecule has 21 heavy (non-hydrogen) atoms. The van der Waals surface area contributed by atoms with Crippen LogP contribution in [0.3, 0.4) is 0 Å². The maximum atomic E-state index is 10.4. The lowest BCUT2D eigenvalue weighted by Crippen LogP contribution is -2.26. The van der Waals surface area contributed by atoms with Crippen LogP contribution in [-0.4, -0.2) is 62.3 Å². The number of hydrogen-bond donors (Lipinski definition) is 0. The Labute approximate surface area is 124 Å². The van der Waals surface area contributed by atoms with Crippen molar-refractivity contribution in [2.45, 2.75) is 19.3 Å². The average Bonchev–Trinajstić information content (AvgIpc) is 2.73. The Morgan fingerprint density at radius 1 is 0.476 bits per heavy atom. The number of hydrogen-bond acceptors (Lipinski definition) is 9. The summed E-state index contributed by atoms with van der Waals surface area (Å²) in [5, 5.41) is 0. The van der Waals surface area contributed by atoms with E-state index in [4.69, 9.17) is 0 Å². The van der Waals surface area contributed by atoms with Crippen LogP contribution < -0.4 is 0 Å². The molecular weight excluding hydrogens is 348 g/mol. The van der Waals surface area contributed by atoms with Gasteiger partial charge in [0, 0.05) is 0 Å². The zero-order valence-corrected chi connectivity index (χ0v) is 13.7. The highest BCUT2D eigenvalue weighted by Gasteiger charge is 2.20. The lowest BCUT2D eigenvalue weighted by atomic mass is 10.4. The Balaban J connectivity index is 0.000000159. The molecule has 0 aromatic heterocycles. The van der Waals surface area contributed by atoms with E-state index >= 15 is 0 Å². The third kappa shape index (κ3) is 8.68. The van der Waals surface area contributed by atoms with E-state index in [0.29, 0.717) is 26.2 Å². The van der Waals surface area contributed by atoms with Crippen LogP contribution in [0.2, 0.25) is 0 Å². The Hall–Kier alpha value is -0.270. The first-order valence-electron chi connectivity index (χ1n) is 6.23. The fourth-order valence-electron chi connectivity index (χ4n) is 1.33. The summed E-state index contributed by atoms with van der Waals surface area (Å²) in [7, 11) is -9.11. The maximum absolute atomic E-state index is 10.4. The van der Waals surface area contributed by atoms with Crippen molar-refractivity contribution in [3.05, 3.63) is 0 Å². The van der Waals surface area contributed by atoms with Gasteiger partial charge in [-0.25, -0.2) is 0 Å². The molecule has 3 rings (SSSR count). The third-order valence-electron chi connectivity index (χ3n) is 2.45. The minimum absolute atomic E-state index is 0.201. The Kier molecular flexibility index (Phi) is 7.00. The lowest BCUT2D eigenvalue weighted by molar-refractivity contribution is 0.287. The van der Waals surface area contributed by atoms with Crippen LogP contribution in [0.15, 0.2) is 0 Å². The van der Waals surface area contributed by atoms with Gasteiger partial charge in [0.25, 0.3) is 30.4 Å². The topological polar surface area (TPSA) is 130 Å². The van der Waals surface area contributed by atoms with Crippen LogP contribution >= 0.6 is 0 Å². The van der Waals surface area contributed by atoms with Gasteiger partial charge in [-0.05, 0) is 19.3 Å². The van der Waals surface area contributed by atoms with Crippen LogP contribution in [0.25, 0.3) is 0 Å². The normalized spacial score (nSPS) is 28.0. The maximum Gasteiger partial charge on any atom is 0.269 e. The fourth-order valence-corrected chi connectivity index (χ4v) is 3.77. The van der Waals surface area contributed by atoms with E-state index in [0.717, 1.165) is 12.8 Å². The molecule has 3 aliphatic heterocycles. The monoisotopic (exact) mass is 366 g/mol. The van der Waals surface area contributed by atoms with Gasteiger partial charge in [-0.1, -0.05) is 0 Å². The second kappa shape index (κ2) is 7.83. The molecule has 9 nitrogen and oxygen atoms in total. The molecule has 0 aromatic carbocycles. The summed E-state index contributed by atoms with van der Waals surface area (Å²) in [6.45, 7) is 1.13. The Bertz CT molecular complexity index is 583. The number of rotatable bonds is 0. The van der Waals surface area contributed by atoms with Crippen molar-refractivity contribution >= 4 is 30.4 Å². The third-order valence-corrected chi connectivity index (χ3v) is 6.27. The quantitative estimate of drug-likeness (QED) is 0.506. The van der Waals surface area contributed by atoms with Crippen molar-refractivity contribution in [2.75, 3.05) is 37.1 Å². The molecule has 0 aromatic rings. The SMILES string of the molecule is O=S1(=O)CCCCO1.O=S1(=O)CCCO1.O=S1(=O)CCO1. The van der Waals surface area contributed by atoms with Crippen molar-refractivity contribution in [3.63, 3.8) is 0 Å². The molecule has 12 heteroatoms. The highest BCUT2D eigenvalue weighted by molar-refractivity contribution is 7.87. The minimum Gasteiger partial charge on any atom is -0.270 e. The average molecular weight is 366 g/mol. The summed E-state index contributed by atoms with van der Waals surface area (Å²) >= 11 is 0. The second-order valence-electron chi connectivity index (χ2n) is 4.31. The molecule has 0 aliphatic carbocycles. The Morgan fingerprint density at radius 2 is 0.905 bits per heavy atom. The first-order valence-corrected chi connectivity index (χ1v) is 11.0. The van der Waals surface area contributed by atoms with E-state index in [9.17, 15) is 25.3 Å². The van der Waals surface area contributed by atoms with Crippen LogP contribution in [-0.2, 0) is 42.9 Å². The van der Waals surface area contributed by atoms with Gasteiger partial charge in [0.1, 0.15) is 5.75 Å². The van der Waals surface area contributed by atoms with Crippen molar-refractivity contribution in [1.29, 1.82) is 0 Å². The van der Waals surface area contributed by atoms with Crippen molar-refractivity contribution < 1.29 is 37.8 Å². The van der Waals surface area contributed by atoms with Gasteiger partial charge < -0.3 is 0 Å². The van der Waals surface area contributed by atoms with Gasteiger partial charge in [0.05, 0.1) is 31.3 Å². The standard InChI is InChI=1S/C4H8O3S.C3H6O3S.C2H4O3S/c5-8(6)4-2-1-3-7-8;4-7(5)3-1-2-6-7;3-6(4)2-1-5-6/h1-4H2;1-3H2;1-2H2. The van der Waals surface area contributed by atoms with E-state index in [1.807, 2.05) is 0 Å². The molecule has 3 saturated heterocycles. The zero-order valence-electron chi connectivity index (χ0n) is 11.3. The first kappa shape index (κ1) is 18.8. The van der Waals surface area contributed by atoms with E-state index in [1.165, 1.54) is 0 Å². The first-order chi connectivity index (χ1) is 9.62. The molecule has 3 heterocycles. The molecule has 0 amide bonds. The van der Waals surface area contributed by atoms with Gasteiger partial charge in [0.15, 0.2) is 0 Å². The van der Waals surface area contributed by atoms with E-state index in [1.54, 1.807) is 0 Å². The lowest BCUT2D eigenvalue weighted by Gasteiger charge is -2.10. The van der Waals surface area contributed by atoms with Gasteiger partial charge in [-0.15, -0.1) is 0 Å². The molecule has 3 fully saturated rings. The zero-order chi connectivity index (χ0) is 16.0. The van der Waals surface area contributed by atoms with Crippen molar-refractivity contribution in [3.8, 4) is 0 Å². The highest BCUT2D eigenvalue weighted by atomic mass is 32.2. The molecule has 0 bridgehead atoms. The summed E-state index contributed by atoms with van der Waals surface area (Å²) in [6.07, 6.45) is 2.28. The molecular formula is C9H18O9S3. The summed E-state index contributed by atoms with van der Waals surface area (Å²) in [5.41, 5.74) is 0. The van der Waals surface area contributed by atoms with Crippen LogP contribution in [0.1, 0.15) is 19.3 Å². The van der Waals surface area contributed by atoms with Gasteiger partial charge >= 0.3 is 0 Å². The molecule has 126 valence electrons. The Morgan fingerprint density at radius 3 is 1.05 bits per heavy atom. The van der Waals surface area contributed by atoms with Crippen molar-refractivity contribution in [1.82, 2.24) is 0 Å². The molecule has 0 atom stereocenters. The second-order valence-corrected chi connectivity index (χ2v) is 9.59. The predicted molar refractivity (Wildman–Crippen MR) is 73.1 cm³/mol. The van der Waals surface area contributed by atoms with Crippen LogP contribution in [0, 0.1) is 0 Å². The largest absolute Gasteiger partial charge is 0.270 e. The van der Waals surface area contributed by atoms with Gasteiger partial charge in [-0.3, -0.25) is 12.5 Å². The van der Waals surface area contributed by atoms with E-state index < -0.39 is 30.4 Å². The molecule has 0 N–H and O–H groups in total. The summed E-state index contributed by atoms with van der Waals surface area (Å²) in [6, 6.07) is 0. The molecule has 0 saturated carbocycles. The minimum atomic E-state index is -3.08. The van der Waals surface area contributed by atoms with Gasteiger partial charge in [0.2, 0.25) is 0 Å². The van der Waals surface area contributed by atoms with Crippen LogP contribution in [0.4, 0.5) is 0 Å². The molecule has 0 spiro atoms. The summed E-state index contributed by atoms with van der Waals surface area (Å²) in [4.78, 5) is 0. The van der Waals surface area contributed by atoms with Crippen LogP contribution in [0.5, 0.6) is 0 Å². The fraction of sp³-hybridized carbons (Fsp3) is 1.00. The van der Waals surface area contributed by atoms with Gasteiger partial charge in [-0.2, -0.15) is 25.3 Å². The highest BCUT2D eigenvalue weighted by Crippen LogP contribution is 2.06. The molecule has 0 radical (unpaired) electrons.